The number of fused-ring (bicyclic) bond motifs is 6. The van der Waals surface area contributed by atoms with Crippen LogP contribution in [0.2, 0.25) is 0 Å². The molecule has 10 aromatic rings. The molecule has 238 valence electrons. The van der Waals surface area contributed by atoms with E-state index in [1.807, 2.05) is 60.7 Å². The van der Waals surface area contributed by atoms with Gasteiger partial charge in [-0.2, -0.15) is 0 Å². The number of hydrogen-bond acceptors (Lipinski definition) is 6. The fourth-order valence-electron chi connectivity index (χ4n) is 7.01. The number of rotatable bonds is 5. The average molecular weight is 670 g/mol. The van der Waals surface area contributed by atoms with Crippen LogP contribution in [0, 0.1) is 0 Å². The molecule has 3 heterocycles. The highest BCUT2D eigenvalue weighted by atomic mass is 32.1. The molecule has 0 N–H and O–H groups in total. The van der Waals surface area contributed by atoms with Crippen LogP contribution in [-0.2, 0) is 0 Å². The molecule has 0 saturated heterocycles. The van der Waals surface area contributed by atoms with E-state index < -0.39 is 0 Å². The van der Waals surface area contributed by atoms with Crippen LogP contribution in [0.25, 0.3) is 98.4 Å². The third-order valence-corrected chi connectivity index (χ3v) is 10.6. The summed E-state index contributed by atoms with van der Waals surface area (Å²) in [6.45, 7) is 0. The highest BCUT2D eigenvalue weighted by Crippen LogP contribution is 2.42. The first-order chi connectivity index (χ1) is 25.3. The van der Waals surface area contributed by atoms with E-state index in [9.17, 15) is 0 Å². The highest BCUT2D eigenvalue weighted by molar-refractivity contribution is 7.26. The molecule has 0 atom stereocenters. The fourth-order valence-corrected chi connectivity index (χ4v) is 8.18. The van der Waals surface area contributed by atoms with Crippen LogP contribution in [0.5, 0.6) is 0 Å². The summed E-state index contributed by atoms with van der Waals surface area (Å²) in [4.78, 5) is 24.9. The van der Waals surface area contributed by atoms with Crippen molar-refractivity contribution in [2.24, 2.45) is 0 Å². The molecule has 6 heteroatoms. The van der Waals surface area contributed by atoms with Gasteiger partial charge in [0.15, 0.2) is 17.5 Å². The van der Waals surface area contributed by atoms with Gasteiger partial charge >= 0.3 is 0 Å². The van der Waals surface area contributed by atoms with Gasteiger partial charge in [0.1, 0.15) is 6.33 Å². The number of nitrogens with zero attached hydrogens (tertiary/aromatic N) is 5. The first kappa shape index (κ1) is 29.3. The van der Waals surface area contributed by atoms with Crippen LogP contribution in [0.3, 0.4) is 0 Å². The molecule has 5 nitrogen and oxygen atoms in total. The maximum absolute atomic E-state index is 5.13. The lowest BCUT2D eigenvalue weighted by Gasteiger charge is -2.15. The fraction of sp³-hybridized carbons (Fsp3) is 0. The zero-order valence-electron chi connectivity index (χ0n) is 27.2. The van der Waals surface area contributed by atoms with E-state index in [1.165, 1.54) is 26.2 Å². The maximum Gasteiger partial charge on any atom is 0.164 e. The van der Waals surface area contributed by atoms with E-state index in [0.29, 0.717) is 17.5 Å². The van der Waals surface area contributed by atoms with E-state index in [2.05, 4.69) is 97.1 Å². The third kappa shape index (κ3) is 5.12. The van der Waals surface area contributed by atoms with Gasteiger partial charge in [0, 0.05) is 32.3 Å². The molecule has 0 aliphatic carbocycles. The van der Waals surface area contributed by atoms with Crippen LogP contribution in [0.4, 0.5) is 0 Å². The lowest BCUT2D eigenvalue weighted by molar-refractivity contribution is 1.07. The second kappa shape index (κ2) is 12.1. The minimum atomic E-state index is 0.595. The van der Waals surface area contributed by atoms with Crippen molar-refractivity contribution < 1.29 is 0 Å². The second-order valence-electron chi connectivity index (χ2n) is 12.5. The normalized spacial score (nSPS) is 11.5. The highest BCUT2D eigenvalue weighted by Gasteiger charge is 2.19. The van der Waals surface area contributed by atoms with E-state index in [1.54, 1.807) is 17.7 Å². The van der Waals surface area contributed by atoms with Crippen LogP contribution < -0.4 is 0 Å². The summed E-state index contributed by atoms with van der Waals surface area (Å²) in [6, 6.07) is 54.8. The van der Waals surface area contributed by atoms with Crippen LogP contribution in [0.1, 0.15) is 0 Å². The van der Waals surface area contributed by atoms with Gasteiger partial charge in [0.25, 0.3) is 0 Å². The molecule has 7 aromatic carbocycles. The zero-order valence-corrected chi connectivity index (χ0v) is 28.0. The van der Waals surface area contributed by atoms with Crippen molar-refractivity contribution in [2.45, 2.75) is 0 Å². The summed E-state index contributed by atoms with van der Waals surface area (Å²) in [5, 5.41) is 5.94. The second-order valence-corrected chi connectivity index (χ2v) is 13.6. The standard InChI is InChI=1S/C45H27N5S/c1-3-13-28(14-4-1)43-48-44(29-15-5-2-6-16-29)50-45(49-43)33-24-31(38-26-30-17-7-8-18-34(30)35-19-9-10-20-36(35)38)23-32(25-33)40-42-41(47-27-46-40)37-21-11-12-22-39(37)51-42/h1-27H. The minimum Gasteiger partial charge on any atom is -0.235 e. The Bertz CT molecular complexity index is 2860. The van der Waals surface area contributed by atoms with Crippen LogP contribution in [-0.4, -0.2) is 24.9 Å². The van der Waals surface area contributed by atoms with Crippen LogP contribution >= 0.6 is 11.3 Å². The lowest BCUT2D eigenvalue weighted by atomic mass is 9.91. The minimum absolute atomic E-state index is 0.595. The van der Waals surface area contributed by atoms with Gasteiger partial charge in [0.2, 0.25) is 0 Å². The molecule has 0 spiro atoms. The smallest absolute Gasteiger partial charge is 0.164 e. The predicted molar refractivity (Wildman–Crippen MR) is 210 cm³/mol. The Labute approximate surface area is 297 Å². The van der Waals surface area contributed by atoms with Gasteiger partial charge in [-0.05, 0) is 63.0 Å². The van der Waals surface area contributed by atoms with E-state index in [0.717, 1.165) is 54.7 Å². The number of thiophene rings is 1. The van der Waals surface area contributed by atoms with Crippen molar-refractivity contribution in [1.29, 1.82) is 0 Å². The Balaban J connectivity index is 1.28. The predicted octanol–water partition coefficient (Wildman–Crippen LogP) is 11.7. The van der Waals surface area contributed by atoms with E-state index >= 15 is 0 Å². The summed E-state index contributed by atoms with van der Waals surface area (Å²) in [6.07, 6.45) is 1.68. The largest absolute Gasteiger partial charge is 0.235 e. The van der Waals surface area contributed by atoms with Crippen molar-refractivity contribution in [3.63, 3.8) is 0 Å². The molecule has 0 fully saturated rings. The van der Waals surface area contributed by atoms with Crippen molar-refractivity contribution >= 4 is 53.2 Å². The zero-order chi connectivity index (χ0) is 33.7. The van der Waals surface area contributed by atoms with Gasteiger partial charge in [0.05, 0.1) is 15.9 Å². The molecule has 0 aliphatic heterocycles. The molecule has 10 rings (SSSR count). The Morgan fingerprint density at radius 1 is 0.392 bits per heavy atom. The molecule has 0 saturated carbocycles. The first-order valence-corrected chi connectivity index (χ1v) is 17.6. The van der Waals surface area contributed by atoms with E-state index in [4.69, 9.17) is 24.9 Å². The summed E-state index contributed by atoms with van der Waals surface area (Å²) < 4.78 is 2.24. The Morgan fingerprint density at radius 3 is 1.67 bits per heavy atom. The first-order valence-electron chi connectivity index (χ1n) is 16.8. The summed E-state index contributed by atoms with van der Waals surface area (Å²) in [7, 11) is 0. The van der Waals surface area contributed by atoms with Crippen molar-refractivity contribution in [3.05, 3.63) is 164 Å². The third-order valence-electron chi connectivity index (χ3n) is 9.40. The molecule has 0 amide bonds. The average Bonchev–Trinajstić information content (AvgIpc) is 3.60. The Hall–Kier alpha value is -6.63. The van der Waals surface area contributed by atoms with Gasteiger partial charge in [-0.25, -0.2) is 24.9 Å². The molecule has 0 unspecified atom stereocenters. The van der Waals surface area contributed by atoms with E-state index in [-0.39, 0.29) is 0 Å². The molecule has 0 aliphatic rings. The summed E-state index contributed by atoms with van der Waals surface area (Å²) in [5.41, 5.74) is 7.74. The van der Waals surface area contributed by atoms with Crippen molar-refractivity contribution in [2.75, 3.05) is 0 Å². The monoisotopic (exact) mass is 669 g/mol. The summed E-state index contributed by atoms with van der Waals surface area (Å²) in [5.74, 6) is 1.84. The van der Waals surface area contributed by atoms with Gasteiger partial charge in [-0.1, -0.05) is 127 Å². The number of aromatic nitrogens is 5. The Kier molecular flexibility index (Phi) is 6.93. The lowest BCUT2D eigenvalue weighted by Crippen LogP contribution is -2.00. The number of hydrogen-bond donors (Lipinski definition) is 0. The maximum atomic E-state index is 5.13. The van der Waals surface area contributed by atoms with Gasteiger partial charge < -0.3 is 0 Å². The SMILES string of the molecule is c1ccc(-c2nc(-c3ccccc3)nc(-c3cc(-c4cc5ccccc5c5ccccc45)cc(-c4ncnc5c4sc4ccccc45)c3)n2)cc1. The summed E-state index contributed by atoms with van der Waals surface area (Å²) >= 11 is 1.72. The molecule has 3 aromatic heterocycles. The van der Waals surface area contributed by atoms with Crippen molar-refractivity contribution in [3.8, 4) is 56.5 Å². The molecule has 0 radical (unpaired) electrons. The Morgan fingerprint density at radius 2 is 0.941 bits per heavy atom. The molecule has 0 bridgehead atoms. The molecular formula is C45H27N5S. The van der Waals surface area contributed by atoms with Gasteiger partial charge in [-0.3, -0.25) is 0 Å². The van der Waals surface area contributed by atoms with Crippen molar-refractivity contribution in [1.82, 2.24) is 24.9 Å². The number of benzene rings is 7. The topological polar surface area (TPSA) is 64.5 Å². The molecule has 51 heavy (non-hydrogen) atoms. The quantitative estimate of drug-likeness (QED) is 0.171. The molecular weight excluding hydrogens is 643 g/mol. The van der Waals surface area contributed by atoms with Crippen LogP contribution in [0.15, 0.2) is 164 Å². The van der Waals surface area contributed by atoms with Gasteiger partial charge in [-0.15, -0.1) is 11.3 Å².